The minimum absolute atomic E-state index is 0.127. The summed E-state index contributed by atoms with van der Waals surface area (Å²) in [4.78, 5) is 0. The number of hydrogen-bond donors (Lipinski definition) is 1. The average molecular weight is 263 g/mol. The number of nitrogens with two attached hydrogens (primary N) is 1. The van der Waals surface area contributed by atoms with Crippen molar-refractivity contribution in [2.45, 2.75) is 45.6 Å². The SMILES string of the molecule is CCOc1cccc(CC(C)N)c1OCCC1CC1. The van der Waals surface area contributed by atoms with Gasteiger partial charge in [-0.15, -0.1) is 0 Å². The van der Waals surface area contributed by atoms with Crippen LogP contribution in [0.2, 0.25) is 0 Å². The van der Waals surface area contributed by atoms with Gasteiger partial charge < -0.3 is 15.2 Å². The van der Waals surface area contributed by atoms with Crippen molar-refractivity contribution in [1.82, 2.24) is 0 Å². The molecular weight excluding hydrogens is 238 g/mol. The van der Waals surface area contributed by atoms with Gasteiger partial charge in [0.1, 0.15) is 0 Å². The third kappa shape index (κ3) is 4.43. The first-order valence-corrected chi connectivity index (χ1v) is 7.33. The summed E-state index contributed by atoms with van der Waals surface area (Å²) >= 11 is 0. The van der Waals surface area contributed by atoms with Gasteiger partial charge in [-0.3, -0.25) is 0 Å². The molecule has 1 unspecified atom stereocenters. The molecule has 1 aliphatic rings. The molecule has 1 aromatic carbocycles. The fraction of sp³-hybridized carbons (Fsp3) is 0.625. The lowest BCUT2D eigenvalue weighted by atomic mass is 10.1. The highest BCUT2D eigenvalue weighted by Crippen LogP contribution is 2.35. The van der Waals surface area contributed by atoms with Gasteiger partial charge >= 0.3 is 0 Å². The molecule has 0 heterocycles. The summed E-state index contributed by atoms with van der Waals surface area (Å²) < 4.78 is 11.7. The van der Waals surface area contributed by atoms with E-state index in [4.69, 9.17) is 15.2 Å². The fourth-order valence-corrected chi connectivity index (χ4v) is 2.24. The molecule has 0 aliphatic heterocycles. The maximum atomic E-state index is 5.99. The molecule has 0 aromatic heterocycles. The minimum Gasteiger partial charge on any atom is -0.490 e. The van der Waals surface area contributed by atoms with E-state index in [0.717, 1.165) is 42.4 Å². The second-order valence-corrected chi connectivity index (χ2v) is 5.44. The molecule has 1 saturated carbocycles. The molecule has 3 nitrogen and oxygen atoms in total. The summed E-state index contributed by atoms with van der Waals surface area (Å²) in [6, 6.07) is 6.19. The number of ether oxygens (including phenoxy) is 2. The normalized spacial score (nSPS) is 16.2. The van der Waals surface area contributed by atoms with Gasteiger partial charge in [0.05, 0.1) is 13.2 Å². The van der Waals surface area contributed by atoms with Crippen molar-refractivity contribution in [3.63, 3.8) is 0 Å². The predicted octanol–water partition coefficient (Wildman–Crippen LogP) is 3.15. The Kier molecular flexibility index (Phi) is 5.08. The lowest BCUT2D eigenvalue weighted by molar-refractivity contribution is 0.266. The lowest BCUT2D eigenvalue weighted by Crippen LogP contribution is -2.18. The molecular formula is C16H25NO2. The van der Waals surface area contributed by atoms with Crippen LogP contribution in [0.15, 0.2) is 18.2 Å². The first kappa shape index (κ1) is 14.2. The summed E-state index contributed by atoms with van der Waals surface area (Å²) in [5, 5.41) is 0. The fourth-order valence-electron chi connectivity index (χ4n) is 2.24. The molecule has 0 radical (unpaired) electrons. The highest BCUT2D eigenvalue weighted by molar-refractivity contribution is 5.47. The molecule has 1 aromatic rings. The van der Waals surface area contributed by atoms with Crippen molar-refractivity contribution in [1.29, 1.82) is 0 Å². The number of hydrogen-bond acceptors (Lipinski definition) is 3. The van der Waals surface area contributed by atoms with Crippen molar-refractivity contribution in [2.24, 2.45) is 11.7 Å². The average Bonchev–Trinajstić information content (AvgIpc) is 3.16. The molecule has 2 rings (SSSR count). The Morgan fingerprint density at radius 3 is 2.74 bits per heavy atom. The molecule has 1 fully saturated rings. The van der Waals surface area contributed by atoms with Crippen molar-refractivity contribution < 1.29 is 9.47 Å². The molecule has 1 atom stereocenters. The van der Waals surface area contributed by atoms with Gasteiger partial charge in [-0.25, -0.2) is 0 Å². The maximum Gasteiger partial charge on any atom is 0.164 e. The predicted molar refractivity (Wildman–Crippen MR) is 77.8 cm³/mol. The second kappa shape index (κ2) is 6.80. The molecule has 0 saturated heterocycles. The van der Waals surface area contributed by atoms with Gasteiger partial charge in [0.2, 0.25) is 0 Å². The summed E-state index contributed by atoms with van der Waals surface area (Å²) in [6.45, 7) is 5.44. The van der Waals surface area contributed by atoms with Gasteiger partial charge in [-0.05, 0) is 44.2 Å². The van der Waals surface area contributed by atoms with Crippen LogP contribution in [0.1, 0.15) is 38.7 Å². The third-order valence-electron chi connectivity index (χ3n) is 3.37. The Hall–Kier alpha value is -1.22. The van der Waals surface area contributed by atoms with E-state index in [9.17, 15) is 0 Å². The largest absolute Gasteiger partial charge is 0.490 e. The smallest absolute Gasteiger partial charge is 0.164 e. The zero-order valence-corrected chi connectivity index (χ0v) is 12.0. The maximum absolute atomic E-state index is 5.99. The van der Waals surface area contributed by atoms with Crippen LogP contribution in [0, 0.1) is 5.92 Å². The lowest BCUT2D eigenvalue weighted by Gasteiger charge is -2.17. The van der Waals surface area contributed by atoms with Crippen molar-refractivity contribution in [3.8, 4) is 11.5 Å². The summed E-state index contributed by atoms with van der Waals surface area (Å²) in [5.74, 6) is 2.62. The Bertz CT molecular complexity index is 400. The Morgan fingerprint density at radius 1 is 1.32 bits per heavy atom. The molecule has 3 heteroatoms. The summed E-state index contributed by atoms with van der Waals surface area (Å²) in [5.41, 5.74) is 7.06. The van der Waals surface area contributed by atoms with E-state index >= 15 is 0 Å². The highest BCUT2D eigenvalue weighted by Gasteiger charge is 2.21. The molecule has 19 heavy (non-hydrogen) atoms. The molecule has 2 N–H and O–H groups in total. The summed E-state index contributed by atoms with van der Waals surface area (Å²) in [7, 11) is 0. The van der Waals surface area contributed by atoms with Crippen LogP contribution in [-0.4, -0.2) is 19.3 Å². The standard InChI is InChI=1S/C16H25NO2/c1-3-18-15-6-4-5-14(11-12(2)17)16(15)19-10-9-13-7-8-13/h4-6,12-13H,3,7-11,17H2,1-2H3. The van der Waals surface area contributed by atoms with E-state index in [1.807, 2.05) is 26.0 Å². The van der Waals surface area contributed by atoms with Gasteiger partial charge in [-0.1, -0.05) is 25.0 Å². The number of benzene rings is 1. The monoisotopic (exact) mass is 263 g/mol. The molecule has 0 amide bonds. The zero-order chi connectivity index (χ0) is 13.7. The van der Waals surface area contributed by atoms with Gasteiger partial charge in [0, 0.05) is 6.04 Å². The highest BCUT2D eigenvalue weighted by atomic mass is 16.5. The van der Waals surface area contributed by atoms with Crippen molar-refractivity contribution in [3.05, 3.63) is 23.8 Å². The van der Waals surface area contributed by atoms with Crippen LogP contribution in [0.25, 0.3) is 0 Å². The van der Waals surface area contributed by atoms with E-state index in [1.54, 1.807) is 0 Å². The van der Waals surface area contributed by atoms with E-state index in [1.165, 1.54) is 12.8 Å². The second-order valence-electron chi connectivity index (χ2n) is 5.44. The molecule has 0 bridgehead atoms. The van der Waals surface area contributed by atoms with Crippen molar-refractivity contribution >= 4 is 0 Å². The van der Waals surface area contributed by atoms with E-state index in [-0.39, 0.29) is 6.04 Å². The first-order valence-electron chi connectivity index (χ1n) is 7.33. The molecule has 106 valence electrons. The van der Waals surface area contributed by atoms with Gasteiger partial charge in [0.15, 0.2) is 11.5 Å². The minimum atomic E-state index is 0.127. The Labute approximate surface area is 116 Å². The Balaban J connectivity index is 2.07. The van der Waals surface area contributed by atoms with Crippen LogP contribution in [0.5, 0.6) is 11.5 Å². The van der Waals surface area contributed by atoms with Gasteiger partial charge in [0.25, 0.3) is 0 Å². The number of rotatable bonds is 8. The topological polar surface area (TPSA) is 44.5 Å². The number of para-hydroxylation sites is 1. The first-order chi connectivity index (χ1) is 9.20. The zero-order valence-electron chi connectivity index (χ0n) is 12.0. The van der Waals surface area contributed by atoms with E-state index < -0.39 is 0 Å². The Morgan fingerprint density at radius 2 is 2.11 bits per heavy atom. The van der Waals surface area contributed by atoms with E-state index in [0.29, 0.717) is 6.61 Å². The van der Waals surface area contributed by atoms with Crippen LogP contribution < -0.4 is 15.2 Å². The molecule has 1 aliphatic carbocycles. The quantitative estimate of drug-likeness (QED) is 0.783. The summed E-state index contributed by atoms with van der Waals surface area (Å²) in [6.07, 6.45) is 4.70. The van der Waals surface area contributed by atoms with Crippen LogP contribution in [0.4, 0.5) is 0 Å². The van der Waals surface area contributed by atoms with E-state index in [2.05, 4.69) is 6.07 Å². The van der Waals surface area contributed by atoms with Crippen LogP contribution in [0.3, 0.4) is 0 Å². The molecule has 0 spiro atoms. The van der Waals surface area contributed by atoms with Crippen LogP contribution in [-0.2, 0) is 6.42 Å². The van der Waals surface area contributed by atoms with Crippen LogP contribution >= 0.6 is 0 Å². The third-order valence-corrected chi connectivity index (χ3v) is 3.37. The van der Waals surface area contributed by atoms with Crippen molar-refractivity contribution in [2.75, 3.05) is 13.2 Å². The van der Waals surface area contributed by atoms with Gasteiger partial charge in [-0.2, -0.15) is 0 Å².